The quantitative estimate of drug-likeness (QED) is 0.230. The summed E-state index contributed by atoms with van der Waals surface area (Å²) in [5, 5.41) is 15.0. The Morgan fingerprint density at radius 2 is 1.95 bits per heavy atom. The zero-order chi connectivity index (χ0) is 29.2. The molecule has 1 aliphatic heterocycles. The smallest absolute Gasteiger partial charge is 0.336 e. The third-order valence-electron chi connectivity index (χ3n) is 8.97. The number of piperidine rings is 1. The number of ether oxygens (including phenoxy) is 1. The summed E-state index contributed by atoms with van der Waals surface area (Å²) in [6.45, 7) is 5.32. The lowest BCUT2D eigenvalue weighted by molar-refractivity contribution is -0.155. The number of benzene rings is 1. The molecule has 0 radical (unpaired) electrons. The van der Waals surface area contributed by atoms with Gasteiger partial charge in [0.1, 0.15) is 11.3 Å². The minimum absolute atomic E-state index is 0.121. The summed E-state index contributed by atoms with van der Waals surface area (Å²) < 4.78 is 11.0. The fourth-order valence-corrected chi connectivity index (χ4v) is 6.81. The van der Waals surface area contributed by atoms with Gasteiger partial charge in [0.15, 0.2) is 6.61 Å². The van der Waals surface area contributed by atoms with Crippen molar-refractivity contribution in [3.8, 4) is 5.75 Å². The molecule has 226 valence electrons. The molecule has 2 amide bonds. The first-order chi connectivity index (χ1) is 19.8. The van der Waals surface area contributed by atoms with Gasteiger partial charge in [0.2, 0.25) is 5.91 Å². The summed E-state index contributed by atoms with van der Waals surface area (Å²) in [5.74, 6) is 0.688. The molecule has 1 aliphatic carbocycles. The molecule has 0 unspecified atom stereocenters. The predicted octanol–water partition coefficient (Wildman–Crippen LogP) is 5.51. The van der Waals surface area contributed by atoms with Gasteiger partial charge in [0.05, 0.1) is 5.60 Å². The molecule has 2 N–H and O–H groups in total. The normalized spacial score (nSPS) is 22.4. The molecule has 2 heterocycles. The number of fused-ring (bicyclic) bond motifs is 2. The molecule has 41 heavy (non-hydrogen) atoms. The topological polar surface area (TPSA) is 109 Å². The second-order valence-corrected chi connectivity index (χ2v) is 12.0. The van der Waals surface area contributed by atoms with Crippen LogP contribution in [0.1, 0.15) is 103 Å². The van der Waals surface area contributed by atoms with Crippen molar-refractivity contribution in [2.45, 2.75) is 115 Å². The van der Waals surface area contributed by atoms with Crippen LogP contribution in [0.4, 0.5) is 0 Å². The maximum absolute atomic E-state index is 13.2. The Kier molecular flexibility index (Phi) is 11.3. The van der Waals surface area contributed by atoms with Crippen LogP contribution in [0.15, 0.2) is 33.5 Å². The molecule has 1 saturated heterocycles. The molecule has 8 heteroatoms. The van der Waals surface area contributed by atoms with Crippen molar-refractivity contribution in [3.63, 3.8) is 0 Å². The predicted molar refractivity (Wildman–Crippen MR) is 160 cm³/mol. The molecule has 2 aromatic rings. The highest BCUT2D eigenvalue weighted by molar-refractivity contribution is 5.82. The molecule has 8 nitrogen and oxygen atoms in total. The van der Waals surface area contributed by atoms with E-state index in [0.29, 0.717) is 37.3 Å². The number of aliphatic hydroxyl groups is 1. The molecule has 2 aliphatic rings. The monoisotopic (exact) mass is 568 g/mol. The lowest BCUT2D eigenvalue weighted by Crippen LogP contribution is -2.60. The Morgan fingerprint density at radius 3 is 2.76 bits per heavy atom. The van der Waals surface area contributed by atoms with E-state index in [-0.39, 0.29) is 36.0 Å². The van der Waals surface area contributed by atoms with E-state index >= 15 is 0 Å². The van der Waals surface area contributed by atoms with Crippen LogP contribution in [0.25, 0.3) is 11.0 Å². The van der Waals surface area contributed by atoms with Crippen LogP contribution in [-0.4, -0.2) is 53.2 Å². The average molecular weight is 569 g/mol. The van der Waals surface area contributed by atoms with Crippen LogP contribution in [0.3, 0.4) is 0 Å². The average Bonchev–Trinajstić information content (AvgIpc) is 2.96. The van der Waals surface area contributed by atoms with Gasteiger partial charge < -0.3 is 24.5 Å². The number of rotatable bonds is 14. The second kappa shape index (κ2) is 14.9. The van der Waals surface area contributed by atoms with E-state index in [1.165, 1.54) is 6.07 Å². The van der Waals surface area contributed by atoms with Gasteiger partial charge in [-0.3, -0.25) is 9.59 Å². The minimum Gasteiger partial charge on any atom is -0.484 e. The number of carbonyl (C=O) groups excluding carboxylic acids is 2. The highest BCUT2D eigenvalue weighted by Gasteiger charge is 2.48. The van der Waals surface area contributed by atoms with Crippen LogP contribution in [0.5, 0.6) is 5.75 Å². The number of hydrogen-bond acceptors (Lipinski definition) is 6. The van der Waals surface area contributed by atoms with E-state index in [1.54, 1.807) is 12.1 Å². The van der Waals surface area contributed by atoms with Crippen molar-refractivity contribution in [1.82, 2.24) is 10.2 Å². The molecular weight excluding hydrogens is 520 g/mol. The SMILES string of the molecule is CCCC[C@@H]1[C@@H]2CCCC[C@]2(O)CCN1C(=O)CCCCCNC(=O)COc1ccc2c(CCC)cc(=O)oc2c1. The van der Waals surface area contributed by atoms with Crippen LogP contribution >= 0.6 is 0 Å². The van der Waals surface area contributed by atoms with Gasteiger partial charge in [-0.2, -0.15) is 0 Å². The van der Waals surface area contributed by atoms with Crippen molar-refractivity contribution in [1.29, 1.82) is 0 Å². The van der Waals surface area contributed by atoms with E-state index in [0.717, 1.165) is 88.0 Å². The summed E-state index contributed by atoms with van der Waals surface area (Å²) in [7, 11) is 0. The van der Waals surface area contributed by atoms with Gasteiger partial charge in [0, 0.05) is 49.0 Å². The Balaban J connectivity index is 1.16. The summed E-state index contributed by atoms with van der Waals surface area (Å²) >= 11 is 0. The highest BCUT2D eigenvalue weighted by Crippen LogP contribution is 2.44. The molecule has 3 atom stereocenters. The highest BCUT2D eigenvalue weighted by atomic mass is 16.5. The van der Waals surface area contributed by atoms with Crippen molar-refractivity contribution < 1.29 is 23.8 Å². The molecule has 0 bridgehead atoms. The molecular formula is C33H48N2O6. The zero-order valence-corrected chi connectivity index (χ0v) is 24.9. The molecule has 0 spiro atoms. The van der Waals surface area contributed by atoms with Gasteiger partial charge in [-0.15, -0.1) is 0 Å². The molecule has 1 saturated carbocycles. The van der Waals surface area contributed by atoms with Crippen molar-refractivity contribution in [2.24, 2.45) is 5.92 Å². The number of carbonyl (C=O) groups is 2. The van der Waals surface area contributed by atoms with Crippen molar-refractivity contribution >= 4 is 22.8 Å². The number of aryl methyl sites for hydroxylation is 1. The maximum atomic E-state index is 13.2. The van der Waals surface area contributed by atoms with Crippen LogP contribution in [0.2, 0.25) is 0 Å². The van der Waals surface area contributed by atoms with E-state index in [9.17, 15) is 19.5 Å². The number of amides is 2. The standard InChI is InChI=1S/C33H48N2O6/c1-3-5-13-28-27-12-8-9-17-33(27,39)18-20-35(28)31(37)14-7-6-10-19-34-30(36)23-40-25-15-16-26-24(11-4-2)21-32(38)41-29(26)22-25/h15-16,21-22,27-28,39H,3-14,17-20,23H2,1-2H3,(H,34,36)/t27-,28+,33-/m0/s1. The Morgan fingerprint density at radius 1 is 1.10 bits per heavy atom. The van der Waals surface area contributed by atoms with E-state index in [1.807, 2.05) is 6.07 Å². The fourth-order valence-electron chi connectivity index (χ4n) is 6.81. The lowest BCUT2D eigenvalue weighted by Gasteiger charge is -2.52. The first kappa shape index (κ1) is 31.1. The molecule has 1 aromatic carbocycles. The van der Waals surface area contributed by atoms with Crippen LogP contribution in [-0.2, 0) is 16.0 Å². The van der Waals surface area contributed by atoms with Crippen molar-refractivity contribution in [2.75, 3.05) is 19.7 Å². The van der Waals surface area contributed by atoms with E-state index < -0.39 is 5.60 Å². The molecule has 2 fully saturated rings. The Hall–Kier alpha value is -2.87. The molecule has 4 rings (SSSR count). The van der Waals surface area contributed by atoms with Crippen molar-refractivity contribution in [3.05, 3.63) is 40.2 Å². The Labute approximate surface area is 243 Å². The largest absolute Gasteiger partial charge is 0.484 e. The number of unbranched alkanes of at least 4 members (excludes halogenated alkanes) is 3. The van der Waals surface area contributed by atoms with E-state index in [4.69, 9.17) is 9.15 Å². The zero-order valence-electron chi connectivity index (χ0n) is 24.9. The van der Waals surface area contributed by atoms with Crippen LogP contribution in [0, 0.1) is 5.92 Å². The Bertz CT molecular complexity index is 1230. The summed E-state index contributed by atoms with van der Waals surface area (Å²) in [4.78, 5) is 39.5. The van der Waals surface area contributed by atoms with Crippen LogP contribution < -0.4 is 15.7 Å². The fraction of sp³-hybridized carbons (Fsp3) is 0.667. The van der Waals surface area contributed by atoms with Gasteiger partial charge in [0.25, 0.3) is 5.91 Å². The minimum atomic E-state index is -0.586. The van der Waals surface area contributed by atoms with Gasteiger partial charge >= 0.3 is 5.63 Å². The number of nitrogens with one attached hydrogen (secondary N) is 1. The third kappa shape index (κ3) is 8.12. The van der Waals surface area contributed by atoms with Gasteiger partial charge in [-0.05, 0) is 62.6 Å². The first-order valence-electron chi connectivity index (χ1n) is 15.8. The lowest BCUT2D eigenvalue weighted by atomic mass is 9.66. The summed E-state index contributed by atoms with van der Waals surface area (Å²) in [5.41, 5.74) is 0.441. The third-order valence-corrected chi connectivity index (χ3v) is 8.97. The second-order valence-electron chi connectivity index (χ2n) is 12.0. The summed E-state index contributed by atoms with van der Waals surface area (Å²) in [6.07, 6.45) is 12.7. The number of hydrogen-bond donors (Lipinski definition) is 2. The van der Waals surface area contributed by atoms with Gasteiger partial charge in [-0.25, -0.2) is 4.79 Å². The van der Waals surface area contributed by atoms with Gasteiger partial charge in [-0.1, -0.05) is 52.4 Å². The summed E-state index contributed by atoms with van der Waals surface area (Å²) in [6, 6.07) is 7.01. The molecule has 1 aromatic heterocycles. The number of nitrogens with zero attached hydrogens (tertiary/aromatic N) is 1. The maximum Gasteiger partial charge on any atom is 0.336 e. The number of likely N-dealkylation sites (tertiary alicyclic amines) is 1. The first-order valence-corrected chi connectivity index (χ1v) is 15.8. The van der Waals surface area contributed by atoms with E-state index in [2.05, 4.69) is 24.1 Å².